The summed E-state index contributed by atoms with van der Waals surface area (Å²) in [5.74, 6) is -4.54. The normalized spacial score (nSPS) is 15.1. The van der Waals surface area contributed by atoms with Crippen LogP contribution in [-0.2, 0) is 30.4 Å². The maximum absolute atomic E-state index is 13.0. The minimum absolute atomic E-state index is 0.0592. The number of unbranched alkanes of at least 4 members (excludes halogenated alkanes) is 1. The fourth-order valence-electron chi connectivity index (χ4n) is 3.31. The largest absolute Gasteiger partial charge is 0.480 e. The number of carboxylic acids is 1. The number of carboxylic acid groups (broad SMARTS) is 1. The number of nitrogens with zero attached hydrogens (tertiary/aromatic N) is 1. The second-order valence-electron chi connectivity index (χ2n) is 8.67. The molecular weight excluding hydrogens is 472 g/mol. The highest BCUT2D eigenvalue weighted by molar-refractivity contribution is 5.96. The van der Waals surface area contributed by atoms with Gasteiger partial charge in [-0.05, 0) is 31.7 Å². The quantitative estimate of drug-likeness (QED) is 0.106. The van der Waals surface area contributed by atoms with Crippen molar-refractivity contribution < 1.29 is 29.1 Å². The minimum atomic E-state index is -1.39. The number of aromatic nitrogens is 2. The van der Waals surface area contributed by atoms with Crippen LogP contribution in [-0.4, -0.2) is 75.4 Å². The molecule has 14 heteroatoms. The van der Waals surface area contributed by atoms with Crippen molar-refractivity contribution in [2.24, 2.45) is 23.1 Å². The molecule has 5 unspecified atom stereocenters. The van der Waals surface area contributed by atoms with E-state index < -0.39 is 60.2 Å². The van der Waals surface area contributed by atoms with E-state index in [1.165, 1.54) is 12.5 Å². The molecule has 1 rings (SSSR count). The Kier molecular flexibility index (Phi) is 13.1. The standard InChI is InChI=1S/C22H38N8O6/c1-3-12(2)18(25)21(34)30-16(9-17(24)31)20(33)29-15(8-13-10-26-11-27-13)19(32)28-14(22(35)36)6-4-5-7-23/h10-12,14-16,18H,3-9,23,25H2,1-2H3,(H2,24,31)(H,26,27)(H,28,32)(H,29,33)(H,30,34)(H,35,36). The van der Waals surface area contributed by atoms with Gasteiger partial charge in [-0.3, -0.25) is 19.2 Å². The van der Waals surface area contributed by atoms with Crippen molar-refractivity contribution in [3.8, 4) is 0 Å². The number of aromatic amines is 1. The summed E-state index contributed by atoms with van der Waals surface area (Å²) in [7, 11) is 0. The molecule has 14 nitrogen and oxygen atoms in total. The van der Waals surface area contributed by atoms with Crippen LogP contribution in [0.1, 0.15) is 51.6 Å². The third-order valence-electron chi connectivity index (χ3n) is 5.77. The van der Waals surface area contributed by atoms with Gasteiger partial charge in [0.15, 0.2) is 0 Å². The van der Waals surface area contributed by atoms with Crippen LogP contribution in [0.3, 0.4) is 0 Å². The number of carbonyl (C=O) groups is 5. The molecule has 0 aliphatic carbocycles. The summed E-state index contributed by atoms with van der Waals surface area (Å²) in [5, 5.41) is 16.8. The first-order chi connectivity index (χ1) is 17.0. The smallest absolute Gasteiger partial charge is 0.326 e. The van der Waals surface area contributed by atoms with Crippen molar-refractivity contribution in [3.63, 3.8) is 0 Å². The first-order valence-electron chi connectivity index (χ1n) is 11.8. The summed E-state index contributed by atoms with van der Waals surface area (Å²) < 4.78 is 0. The number of imidazole rings is 1. The molecule has 1 aromatic rings. The highest BCUT2D eigenvalue weighted by Crippen LogP contribution is 2.08. The second-order valence-corrected chi connectivity index (χ2v) is 8.67. The predicted octanol–water partition coefficient (Wildman–Crippen LogP) is -2.13. The van der Waals surface area contributed by atoms with Crippen molar-refractivity contribution in [1.29, 1.82) is 0 Å². The Balaban J connectivity index is 3.06. The van der Waals surface area contributed by atoms with E-state index in [0.29, 0.717) is 31.5 Å². The van der Waals surface area contributed by atoms with E-state index in [-0.39, 0.29) is 18.8 Å². The molecule has 0 bridgehead atoms. The van der Waals surface area contributed by atoms with Crippen LogP contribution >= 0.6 is 0 Å². The van der Waals surface area contributed by atoms with Gasteiger partial charge in [-0.1, -0.05) is 20.3 Å². The van der Waals surface area contributed by atoms with E-state index >= 15 is 0 Å². The number of nitrogens with two attached hydrogens (primary N) is 3. The van der Waals surface area contributed by atoms with Gasteiger partial charge >= 0.3 is 5.97 Å². The summed E-state index contributed by atoms with van der Waals surface area (Å²) >= 11 is 0. The highest BCUT2D eigenvalue weighted by atomic mass is 16.4. The molecule has 0 saturated carbocycles. The maximum Gasteiger partial charge on any atom is 0.326 e. The summed E-state index contributed by atoms with van der Waals surface area (Å²) in [6.07, 6.45) is 4.06. The molecule has 0 fully saturated rings. The van der Waals surface area contributed by atoms with E-state index in [1.807, 2.05) is 6.92 Å². The Labute approximate surface area is 209 Å². The summed E-state index contributed by atoms with van der Waals surface area (Å²) in [6, 6.07) is -4.75. The van der Waals surface area contributed by atoms with Gasteiger partial charge in [0.25, 0.3) is 0 Å². The fourth-order valence-corrected chi connectivity index (χ4v) is 3.31. The number of primary amides is 1. The zero-order valence-electron chi connectivity index (χ0n) is 20.7. The molecule has 202 valence electrons. The van der Waals surface area contributed by atoms with Crippen molar-refractivity contribution in [1.82, 2.24) is 25.9 Å². The van der Waals surface area contributed by atoms with Gasteiger partial charge in [-0.25, -0.2) is 9.78 Å². The van der Waals surface area contributed by atoms with E-state index in [9.17, 15) is 29.1 Å². The van der Waals surface area contributed by atoms with E-state index in [4.69, 9.17) is 17.2 Å². The Morgan fingerprint density at radius 1 is 1.03 bits per heavy atom. The van der Waals surface area contributed by atoms with Crippen LogP contribution in [0.2, 0.25) is 0 Å². The van der Waals surface area contributed by atoms with Crippen molar-refractivity contribution >= 4 is 29.6 Å². The number of amides is 4. The third kappa shape index (κ3) is 10.4. The molecule has 0 aliphatic rings. The SMILES string of the molecule is CCC(C)C(N)C(=O)NC(CC(N)=O)C(=O)NC(Cc1cnc[nH]1)C(=O)NC(CCCCN)C(=O)O. The van der Waals surface area contributed by atoms with Crippen molar-refractivity contribution in [2.75, 3.05) is 6.54 Å². The number of nitrogens with one attached hydrogen (secondary N) is 4. The molecule has 0 spiro atoms. The molecule has 0 radical (unpaired) electrons. The molecule has 1 aromatic heterocycles. The summed E-state index contributed by atoms with van der Waals surface area (Å²) in [6.45, 7) is 4.00. The molecule has 5 atom stereocenters. The number of hydrogen-bond acceptors (Lipinski definition) is 8. The lowest BCUT2D eigenvalue weighted by Crippen LogP contribution is -2.58. The predicted molar refractivity (Wildman–Crippen MR) is 130 cm³/mol. The lowest BCUT2D eigenvalue weighted by molar-refractivity contribution is -0.142. The van der Waals surface area contributed by atoms with Crippen LogP contribution in [0.4, 0.5) is 0 Å². The highest BCUT2D eigenvalue weighted by Gasteiger charge is 2.32. The Hall–Kier alpha value is -3.52. The lowest BCUT2D eigenvalue weighted by Gasteiger charge is -2.25. The second kappa shape index (κ2) is 15.5. The number of carbonyl (C=O) groups excluding carboxylic acids is 4. The van der Waals surface area contributed by atoms with Crippen LogP contribution in [0.25, 0.3) is 0 Å². The van der Waals surface area contributed by atoms with Crippen molar-refractivity contribution in [2.45, 2.75) is 76.5 Å². The van der Waals surface area contributed by atoms with Gasteiger partial charge in [0, 0.05) is 18.3 Å². The summed E-state index contributed by atoms with van der Waals surface area (Å²) in [5.41, 5.74) is 17.1. The third-order valence-corrected chi connectivity index (χ3v) is 5.77. The minimum Gasteiger partial charge on any atom is -0.480 e. The van der Waals surface area contributed by atoms with E-state index in [2.05, 4.69) is 25.9 Å². The zero-order valence-corrected chi connectivity index (χ0v) is 20.7. The molecule has 0 aliphatic heterocycles. The molecule has 4 amide bonds. The van der Waals surface area contributed by atoms with Crippen LogP contribution < -0.4 is 33.2 Å². The molecule has 0 aromatic carbocycles. The van der Waals surface area contributed by atoms with Gasteiger partial charge < -0.3 is 43.2 Å². The number of H-pyrrole nitrogens is 1. The van der Waals surface area contributed by atoms with E-state index in [1.54, 1.807) is 6.92 Å². The van der Waals surface area contributed by atoms with Gasteiger partial charge in [0.1, 0.15) is 18.1 Å². The number of rotatable bonds is 17. The fraction of sp³-hybridized carbons (Fsp3) is 0.636. The van der Waals surface area contributed by atoms with E-state index in [0.717, 1.165) is 0 Å². The average molecular weight is 511 g/mol. The number of aliphatic carboxylic acids is 1. The first kappa shape index (κ1) is 30.5. The monoisotopic (exact) mass is 510 g/mol. The van der Waals surface area contributed by atoms with Crippen LogP contribution in [0, 0.1) is 5.92 Å². The zero-order chi connectivity index (χ0) is 27.3. The van der Waals surface area contributed by atoms with Crippen molar-refractivity contribution in [3.05, 3.63) is 18.2 Å². The van der Waals surface area contributed by atoms with Gasteiger partial charge in [-0.2, -0.15) is 0 Å². The maximum atomic E-state index is 13.0. The topological polar surface area (TPSA) is 248 Å². The van der Waals surface area contributed by atoms with Crippen LogP contribution in [0.5, 0.6) is 0 Å². The molecular formula is C22H38N8O6. The Bertz CT molecular complexity index is 878. The Morgan fingerprint density at radius 2 is 1.64 bits per heavy atom. The summed E-state index contributed by atoms with van der Waals surface area (Å²) in [4.78, 5) is 68.5. The Morgan fingerprint density at radius 3 is 2.17 bits per heavy atom. The molecule has 1 heterocycles. The molecule has 36 heavy (non-hydrogen) atoms. The number of hydrogen-bond donors (Lipinski definition) is 8. The first-order valence-corrected chi connectivity index (χ1v) is 11.8. The molecule has 11 N–H and O–H groups in total. The van der Waals surface area contributed by atoms with Gasteiger partial charge in [0.2, 0.25) is 23.6 Å². The van der Waals surface area contributed by atoms with Gasteiger partial charge in [0.05, 0.1) is 18.8 Å². The average Bonchev–Trinajstić information content (AvgIpc) is 3.34. The van der Waals surface area contributed by atoms with Gasteiger partial charge in [-0.15, -0.1) is 0 Å². The molecule has 0 saturated heterocycles. The van der Waals surface area contributed by atoms with Crippen LogP contribution in [0.15, 0.2) is 12.5 Å². The lowest BCUT2D eigenvalue weighted by atomic mass is 9.99.